The van der Waals surface area contributed by atoms with Crippen LogP contribution in [0.4, 0.5) is 0 Å². The Hall–Kier alpha value is -10.9. The lowest BCUT2D eigenvalue weighted by atomic mass is 9.92. The van der Waals surface area contributed by atoms with Gasteiger partial charge in [-0.25, -0.2) is 19.1 Å². The normalized spacial score (nSPS) is 23.2. The number of carbonyl (C=O) groups excluding carboxylic acids is 11. The fourth-order valence-corrected chi connectivity index (χ4v) is 14.6. The summed E-state index contributed by atoms with van der Waals surface area (Å²) >= 11 is 12.7. The highest BCUT2D eigenvalue weighted by atomic mass is 35.5. The fraction of sp³-hybridized carbons (Fsp3) is 0.554. The van der Waals surface area contributed by atoms with Gasteiger partial charge in [-0.2, -0.15) is 0 Å². The monoisotopic (exact) mass is 1850 g/mol. The van der Waals surface area contributed by atoms with Crippen molar-refractivity contribution in [2.24, 2.45) is 39.6 Å². The van der Waals surface area contributed by atoms with Crippen LogP contribution < -0.4 is 30.7 Å². The van der Waals surface area contributed by atoms with Crippen molar-refractivity contribution in [1.29, 1.82) is 0 Å². The number of halogens is 2. The molecule has 3 saturated heterocycles. The van der Waals surface area contributed by atoms with Gasteiger partial charge >= 0.3 is 29.8 Å². The minimum absolute atomic E-state index is 0.00610. The molecule has 0 bridgehead atoms. The van der Waals surface area contributed by atoms with E-state index in [0.717, 1.165) is 22.3 Å². The molecule has 0 unspecified atom stereocenters. The third kappa shape index (κ3) is 32.6. The van der Waals surface area contributed by atoms with Gasteiger partial charge in [-0.15, -0.1) is 10.2 Å². The first-order valence-electron chi connectivity index (χ1n) is 43.4. The molecule has 706 valence electrons. The lowest BCUT2D eigenvalue weighted by Crippen LogP contribution is -2.51. The lowest BCUT2D eigenvalue weighted by molar-refractivity contribution is -0.198. The van der Waals surface area contributed by atoms with E-state index in [1.807, 2.05) is 96.3 Å². The molecule has 38 heteroatoms. The molecule has 4 aromatic carbocycles. The van der Waals surface area contributed by atoms with Gasteiger partial charge in [0.1, 0.15) is 53.7 Å². The Labute approximate surface area is 765 Å². The van der Waals surface area contributed by atoms with E-state index in [0.29, 0.717) is 96.2 Å². The number of nitrogens with one attached hydrogen (secondary N) is 4. The molecule has 5 aliphatic heterocycles. The van der Waals surface area contributed by atoms with E-state index in [-0.39, 0.29) is 145 Å². The second kappa shape index (κ2) is 50.5. The summed E-state index contributed by atoms with van der Waals surface area (Å²) < 4.78 is 75.9. The molecule has 12 atom stereocenters. The van der Waals surface area contributed by atoms with E-state index in [9.17, 15) is 52.7 Å². The van der Waals surface area contributed by atoms with Crippen LogP contribution in [0.3, 0.4) is 0 Å². The zero-order valence-electron chi connectivity index (χ0n) is 75.4. The van der Waals surface area contributed by atoms with Gasteiger partial charge in [-0.1, -0.05) is 148 Å². The fourth-order valence-electron chi connectivity index (χ4n) is 14.1. The van der Waals surface area contributed by atoms with E-state index < -0.39 is 113 Å². The number of aromatic nitrogens is 3. The number of hydrogen-bond acceptors (Lipinski definition) is 28. The smallest absolute Gasteiger partial charge is 0.347 e. The summed E-state index contributed by atoms with van der Waals surface area (Å²) in [4.78, 5) is 151. The molecule has 4 N–H and O–H groups in total. The summed E-state index contributed by atoms with van der Waals surface area (Å²) in [6, 6.07) is 23.6. The molecule has 6 heterocycles. The molecule has 1 aromatic heterocycles. The third-order valence-corrected chi connectivity index (χ3v) is 22.4. The van der Waals surface area contributed by atoms with Crippen LogP contribution in [0.5, 0.6) is 11.5 Å². The van der Waals surface area contributed by atoms with Gasteiger partial charge in [0.05, 0.1) is 139 Å². The predicted molar refractivity (Wildman–Crippen MR) is 470 cm³/mol. The molecule has 0 aliphatic carbocycles. The van der Waals surface area contributed by atoms with Gasteiger partial charge in [0.25, 0.3) is 11.8 Å². The van der Waals surface area contributed by atoms with Gasteiger partial charge in [-0.3, -0.25) is 38.4 Å². The largest absolute Gasteiger partial charge is 0.495 e. The molecular weight excluding hydrogens is 1730 g/mol. The molecule has 3 fully saturated rings. The lowest BCUT2D eigenvalue weighted by Gasteiger charge is -2.29. The number of methoxy groups -OCH3 is 2. The molecule has 5 aliphatic rings. The summed E-state index contributed by atoms with van der Waals surface area (Å²) in [6.45, 7) is 21.3. The van der Waals surface area contributed by atoms with Crippen LogP contribution in [-0.2, 0) is 142 Å². The van der Waals surface area contributed by atoms with Crippen molar-refractivity contribution in [3.8, 4) is 11.5 Å². The van der Waals surface area contributed by atoms with Crippen LogP contribution in [0.2, 0.25) is 10.0 Å². The highest BCUT2D eigenvalue weighted by molar-refractivity contribution is 6.32. The van der Waals surface area contributed by atoms with Crippen molar-refractivity contribution in [1.82, 2.24) is 41.3 Å². The number of hydroxylamine groups is 2. The second-order valence-electron chi connectivity index (χ2n) is 34.3. The average Bonchev–Trinajstić information content (AvgIpc) is 1.63. The van der Waals surface area contributed by atoms with E-state index in [1.165, 1.54) is 26.4 Å². The van der Waals surface area contributed by atoms with E-state index in [2.05, 4.69) is 41.6 Å². The number of azide groups is 1. The summed E-state index contributed by atoms with van der Waals surface area (Å²) in [5, 5.41) is 24.4. The number of imide groups is 1. The second-order valence-corrected chi connectivity index (χ2v) is 35.1. The number of amides is 6. The minimum Gasteiger partial charge on any atom is -0.495 e. The maximum Gasteiger partial charge on any atom is 0.347 e. The van der Waals surface area contributed by atoms with Crippen LogP contribution in [0.1, 0.15) is 165 Å². The first-order valence-corrected chi connectivity index (χ1v) is 44.2. The predicted octanol–water partition coefficient (Wildman–Crippen LogP) is 10.3. The number of cyclic esters (lactones) is 4. The number of benzene rings is 4. The number of rotatable bonds is 38. The Kier molecular flexibility index (Phi) is 39.9. The summed E-state index contributed by atoms with van der Waals surface area (Å²) in [6.07, 6.45) is 3.41. The van der Waals surface area contributed by atoms with Crippen molar-refractivity contribution in [2.45, 2.75) is 208 Å². The van der Waals surface area contributed by atoms with Crippen molar-refractivity contribution in [3.63, 3.8) is 0 Å². The van der Waals surface area contributed by atoms with Crippen molar-refractivity contribution in [2.75, 3.05) is 86.8 Å². The molecule has 10 rings (SSSR count). The summed E-state index contributed by atoms with van der Waals surface area (Å²) in [5.41, 5.74) is 11.8. The highest BCUT2D eigenvalue weighted by Gasteiger charge is 2.50. The van der Waals surface area contributed by atoms with E-state index in [1.54, 1.807) is 80.9 Å². The van der Waals surface area contributed by atoms with Gasteiger partial charge in [0.15, 0.2) is 12.2 Å². The Balaban J connectivity index is 0.000000322. The molecule has 0 spiro atoms. The zero-order valence-corrected chi connectivity index (χ0v) is 76.9. The number of esters is 4. The summed E-state index contributed by atoms with van der Waals surface area (Å²) in [5.74, 6) is -6.45. The Morgan fingerprint density at radius 2 is 0.977 bits per heavy atom. The number of carbonyl (C=O) groups is 11. The highest BCUT2D eigenvalue weighted by Crippen LogP contribution is 2.47. The Morgan fingerprint density at radius 3 is 1.39 bits per heavy atom. The van der Waals surface area contributed by atoms with Crippen LogP contribution in [0, 0.1) is 34.5 Å². The van der Waals surface area contributed by atoms with E-state index >= 15 is 0 Å². The van der Waals surface area contributed by atoms with Crippen molar-refractivity contribution >= 4 is 88.5 Å². The van der Waals surface area contributed by atoms with E-state index in [4.69, 9.17) is 95.1 Å². The zero-order chi connectivity index (χ0) is 94.2. The quantitative estimate of drug-likeness (QED) is 0.00417. The number of nitrogens with zero attached hydrogens (tertiary/aromatic N) is 7. The minimum atomic E-state index is -1.25. The first kappa shape index (κ1) is 103. The number of hydrogen-bond donors (Lipinski definition) is 4. The Morgan fingerprint density at radius 1 is 0.562 bits per heavy atom. The topological polar surface area (TPSA) is 454 Å². The molecule has 5 aromatic rings. The molecular formula is C92H119Cl2N11O25. The van der Waals surface area contributed by atoms with Gasteiger partial charge in [-0.05, 0) is 128 Å². The average molecular weight is 1850 g/mol. The molecule has 36 nitrogen and oxygen atoms in total. The van der Waals surface area contributed by atoms with Gasteiger partial charge < -0.3 is 87.7 Å². The van der Waals surface area contributed by atoms with Crippen LogP contribution >= 0.6 is 23.2 Å². The van der Waals surface area contributed by atoms with Crippen LogP contribution in [-0.4, -0.2) is 221 Å². The van der Waals surface area contributed by atoms with Gasteiger partial charge in [0.2, 0.25) is 23.6 Å². The molecule has 0 radical (unpaired) electrons. The van der Waals surface area contributed by atoms with Crippen molar-refractivity contribution in [3.05, 3.63) is 175 Å². The molecule has 6 amide bonds. The van der Waals surface area contributed by atoms with Crippen molar-refractivity contribution < 1.29 is 119 Å². The number of ether oxygens (including phenoxy) is 13. The Bertz CT molecular complexity index is 4770. The first-order chi connectivity index (χ1) is 62.1. The van der Waals surface area contributed by atoms with Crippen LogP contribution in [0.15, 0.2) is 121 Å². The number of epoxide rings is 2. The third-order valence-electron chi connectivity index (χ3n) is 21.8. The maximum atomic E-state index is 13.9. The van der Waals surface area contributed by atoms with Crippen LogP contribution in [0.25, 0.3) is 10.4 Å². The summed E-state index contributed by atoms with van der Waals surface area (Å²) in [7, 11) is 2.99. The van der Waals surface area contributed by atoms with Gasteiger partial charge in [0, 0.05) is 68.4 Å². The molecule has 0 saturated carbocycles. The standard InChI is InChI=1S/C55H73ClN6O17.C37H46ClN5O8/c1-35(2)28-45-53(68)76-43(8-7-9-46(63)58-42(30-38-12-15-44(70-6)41(56)29-38)52(67)57-34-55(4,5)54(69)77-45)36(3)50-51(78-50)39-13-10-37(11-14-39)31-61-32-40(59-60-61)33-75-27-26-74-25-24-73-23-22-72-21-20-71-19-18-49(66)79-62-47(64)16-17-48(62)65;1-21(2)16-30-35(46)49-28(22(3)32-33(51-32)25-13-10-23(11-14-25)19-41-43-39)8-7-9-31(44)42-27(18-24-12-15-29(48-6)26(38)17-24)34(45)40-20-37(4,5)36(47)50-30/h7,9-15,29,32,35-36,42-43,45,50-51H,8,16-28,30-31,33-34H2,1-6H3,(H,57,67)(H,58,63);7,9-15,17,21-22,27-28,30,32-33H,8,16,18-20H2,1-6H3,(H,40,45)(H,42,44)/b2*9-7+/t36-,42+,43-,45-,50+,51+;22-,27+,28-,30-,32+,33+/m00/s1. The SMILES string of the molecule is COc1ccc(C[C@H]2NC(=O)/C=C/C[C@@H]([C@H](C)[C@H]3O[C@@H]3c3ccc(CN=[N+]=[N-])cc3)OC(=O)[C@H](CC(C)C)OC(=O)C(C)(C)CNC2=O)cc1Cl.COc1ccc(C[C@H]2NC(=O)/C=C/C[C@@H]([C@H](C)[C@H]3O[C@@H]3c3ccc(Cn4cc(COCCOCCOCCOCCOCCC(=O)ON5C(=O)CCC5=O)nn4)cc3)OC(=O)[C@H](CC(C)C)OC(=O)C(C)(C)CNC2=O)cc1Cl. The molecule has 130 heavy (non-hydrogen) atoms. The maximum absolute atomic E-state index is 13.9.